The van der Waals surface area contributed by atoms with Crippen LogP contribution in [0.4, 0.5) is 10.2 Å². The van der Waals surface area contributed by atoms with Crippen LogP contribution in [0.5, 0.6) is 0 Å². The van der Waals surface area contributed by atoms with Gasteiger partial charge in [0.1, 0.15) is 23.5 Å². The summed E-state index contributed by atoms with van der Waals surface area (Å²) < 4.78 is 40.4. The molecule has 2 aromatic heterocycles. The van der Waals surface area contributed by atoms with Crippen LogP contribution in [-0.4, -0.2) is 58.8 Å². The molecule has 1 fully saturated rings. The van der Waals surface area contributed by atoms with Crippen LogP contribution in [0.1, 0.15) is 5.56 Å². The molecule has 32 heavy (non-hydrogen) atoms. The zero-order chi connectivity index (χ0) is 22.1. The van der Waals surface area contributed by atoms with E-state index < -0.39 is 10.0 Å². The summed E-state index contributed by atoms with van der Waals surface area (Å²) in [5.74, 6) is 0.930. The smallest absolute Gasteiger partial charge is 0.218 e. The molecule has 1 aliphatic rings. The molecule has 0 bridgehead atoms. The molecule has 0 atom stereocenters. The van der Waals surface area contributed by atoms with Crippen LogP contribution in [0.25, 0.3) is 22.6 Å². The van der Waals surface area contributed by atoms with Crippen molar-refractivity contribution >= 4 is 27.0 Å². The van der Waals surface area contributed by atoms with E-state index in [1.165, 1.54) is 22.8 Å². The quantitative estimate of drug-likeness (QED) is 0.500. The van der Waals surface area contributed by atoms with Crippen LogP contribution < -0.4 is 4.90 Å². The topological polar surface area (TPSA) is 95.1 Å². The van der Waals surface area contributed by atoms with Crippen molar-refractivity contribution in [2.45, 2.75) is 5.75 Å². The number of piperazine rings is 1. The highest BCUT2D eigenvalue weighted by Gasteiger charge is 2.28. The summed E-state index contributed by atoms with van der Waals surface area (Å²) in [5, 5.41) is 0. The van der Waals surface area contributed by atoms with Crippen molar-refractivity contribution in [3.63, 3.8) is 0 Å². The third-order valence-corrected chi connectivity index (χ3v) is 7.36. The van der Waals surface area contributed by atoms with Crippen molar-refractivity contribution in [1.29, 1.82) is 0 Å². The first kappa shape index (κ1) is 20.5. The third kappa shape index (κ3) is 4.06. The van der Waals surface area contributed by atoms with Crippen molar-refractivity contribution in [2.75, 3.05) is 31.1 Å². The molecule has 2 aromatic carbocycles. The van der Waals surface area contributed by atoms with E-state index in [9.17, 15) is 12.8 Å². The lowest BCUT2D eigenvalue weighted by molar-refractivity contribution is 0.383. The van der Waals surface area contributed by atoms with Crippen molar-refractivity contribution in [1.82, 2.24) is 24.2 Å². The summed E-state index contributed by atoms with van der Waals surface area (Å²) in [6.45, 7) is 1.76. The number of H-pyrrole nitrogens is 1. The fraction of sp³-hybridized carbons (Fsp3) is 0.227. The summed E-state index contributed by atoms with van der Waals surface area (Å²) in [7, 11) is -3.40. The van der Waals surface area contributed by atoms with E-state index >= 15 is 0 Å². The molecule has 164 valence electrons. The number of anilines is 1. The van der Waals surface area contributed by atoms with Gasteiger partial charge in [0.15, 0.2) is 11.5 Å². The maximum atomic E-state index is 13.2. The predicted octanol–water partition coefficient (Wildman–Crippen LogP) is 2.81. The van der Waals surface area contributed by atoms with Gasteiger partial charge < -0.3 is 9.88 Å². The number of imidazole rings is 1. The molecule has 4 aromatic rings. The molecule has 0 amide bonds. The monoisotopic (exact) mass is 452 g/mol. The maximum absolute atomic E-state index is 13.2. The highest BCUT2D eigenvalue weighted by molar-refractivity contribution is 7.88. The Hall–Kier alpha value is -3.37. The Bertz CT molecular complexity index is 1330. The Morgan fingerprint density at radius 2 is 1.66 bits per heavy atom. The minimum absolute atomic E-state index is 0.00678. The predicted molar refractivity (Wildman–Crippen MR) is 120 cm³/mol. The molecular formula is C22H21FN6O2S. The van der Waals surface area contributed by atoms with E-state index in [0.717, 1.165) is 11.1 Å². The van der Waals surface area contributed by atoms with E-state index in [1.807, 2.05) is 35.2 Å². The first-order valence-corrected chi connectivity index (χ1v) is 11.8. The Morgan fingerprint density at radius 3 is 2.38 bits per heavy atom. The number of aromatic nitrogens is 4. The number of halogens is 1. The van der Waals surface area contributed by atoms with Crippen LogP contribution in [0.15, 0.2) is 60.9 Å². The number of rotatable bonds is 5. The Kier molecular flexibility index (Phi) is 5.32. The zero-order valence-electron chi connectivity index (χ0n) is 17.1. The molecule has 8 nitrogen and oxygen atoms in total. The standard InChI is InChI=1S/C22H21FN6O2S/c23-18-8-6-17(7-9-18)20-26-19-21(27-20)24-15-25-22(19)28-10-12-29(13-11-28)32(30,31)14-16-4-2-1-3-5-16/h1-9,15H,10-14H2,(H,24,25,26,27). The van der Waals surface area contributed by atoms with Gasteiger partial charge in [0.25, 0.3) is 0 Å². The number of fused-ring (bicyclic) bond motifs is 1. The lowest BCUT2D eigenvalue weighted by Crippen LogP contribution is -2.49. The van der Waals surface area contributed by atoms with Gasteiger partial charge in [-0.3, -0.25) is 0 Å². The van der Waals surface area contributed by atoms with Gasteiger partial charge in [-0.25, -0.2) is 27.8 Å². The molecular weight excluding hydrogens is 431 g/mol. The van der Waals surface area contributed by atoms with Crippen LogP contribution >= 0.6 is 0 Å². The third-order valence-electron chi connectivity index (χ3n) is 5.51. The number of sulfonamides is 1. The fourth-order valence-electron chi connectivity index (χ4n) is 3.85. The molecule has 3 heterocycles. The van der Waals surface area contributed by atoms with E-state index in [-0.39, 0.29) is 11.6 Å². The molecule has 1 saturated heterocycles. The van der Waals surface area contributed by atoms with Gasteiger partial charge in [-0.2, -0.15) is 4.31 Å². The summed E-state index contributed by atoms with van der Waals surface area (Å²) in [5.41, 5.74) is 2.70. The SMILES string of the molecule is O=S(=O)(Cc1ccccc1)N1CCN(c2ncnc3nc(-c4ccc(F)cc4)[nH]c23)CC1. The molecule has 0 saturated carbocycles. The number of nitrogens with one attached hydrogen (secondary N) is 1. The number of benzene rings is 2. The van der Waals surface area contributed by atoms with Gasteiger partial charge >= 0.3 is 0 Å². The molecule has 5 rings (SSSR count). The van der Waals surface area contributed by atoms with E-state index in [4.69, 9.17) is 0 Å². The summed E-state index contributed by atoms with van der Waals surface area (Å²) in [6.07, 6.45) is 1.45. The highest BCUT2D eigenvalue weighted by Crippen LogP contribution is 2.26. The Labute approximate surface area is 184 Å². The maximum Gasteiger partial charge on any atom is 0.218 e. The molecule has 0 aliphatic carbocycles. The van der Waals surface area contributed by atoms with E-state index in [0.29, 0.717) is 49.0 Å². The minimum Gasteiger partial charge on any atom is -0.352 e. The molecule has 0 unspecified atom stereocenters. The number of aromatic amines is 1. The van der Waals surface area contributed by atoms with Crippen molar-refractivity contribution < 1.29 is 12.8 Å². The molecule has 1 aliphatic heterocycles. The fourth-order valence-corrected chi connectivity index (χ4v) is 5.37. The molecule has 10 heteroatoms. The molecule has 0 spiro atoms. The Morgan fingerprint density at radius 1 is 0.938 bits per heavy atom. The molecule has 1 N–H and O–H groups in total. The lowest BCUT2D eigenvalue weighted by atomic mass is 10.2. The number of hydrogen-bond acceptors (Lipinski definition) is 6. The second-order valence-electron chi connectivity index (χ2n) is 7.62. The summed E-state index contributed by atoms with van der Waals surface area (Å²) in [6, 6.07) is 15.3. The van der Waals surface area contributed by atoms with E-state index in [2.05, 4.69) is 19.9 Å². The zero-order valence-corrected chi connectivity index (χ0v) is 18.0. The van der Waals surface area contributed by atoms with Crippen molar-refractivity contribution in [3.05, 3.63) is 72.3 Å². The van der Waals surface area contributed by atoms with Crippen LogP contribution in [0.2, 0.25) is 0 Å². The van der Waals surface area contributed by atoms with Crippen molar-refractivity contribution in [3.8, 4) is 11.4 Å². The average Bonchev–Trinajstić information content (AvgIpc) is 3.24. The lowest BCUT2D eigenvalue weighted by Gasteiger charge is -2.34. The normalized spacial score (nSPS) is 15.3. The van der Waals surface area contributed by atoms with Gasteiger partial charge in [0.2, 0.25) is 10.0 Å². The Balaban J connectivity index is 1.34. The summed E-state index contributed by atoms with van der Waals surface area (Å²) >= 11 is 0. The second kappa shape index (κ2) is 8.29. The summed E-state index contributed by atoms with van der Waals surface area (Å²) in [4.78, 5) is 18.4. The van der Waals surface area contributed by atoms with Gasteiger partial charge in [-0.05, 0) is 29.8 Å². The van der Waals surface area contributed by atoms with Crippen LogP contribution in [0, 0.1) is 5.82 Å². The number of nitrogens with zero attached hydrogens (tertiary/aromatic N) is 5. The first-order chi connectivity index (χ1) is 15.5. The van der Waals surface area contributed by atoms with Gasteiger partial charge in [-0.15, -0.1) is 0 Å². The first-order valence-electron chi connectivity index (χ1n) is 10.2. The molecule has 0 radical (unpaired) electrons. The average molecular weight is 453 g/mol. The minimum atomic E-state index is -3.40. The number of hydrogen-bond donors (Lipinski definition) is 1. The van der Waals surface area contributed by atoms with Gasteiger partial charge in [0, 0.05) is 31.7 Å². The largest absolute Gasteiger partial charge is 0.352 e. The van der Waals surface area contributed by atoms with Gasteiger partial charge in [-0.1, -0.05) is 30.3 Å². The van der Waals surface area contributed by atoms with Crippen molar-refractivity contribution in [2.24, 2.45) is 0 Å². The highest BCUT2D eigenvalue weighted by atomic mass is 32.2. The van der Waals surface area contributed by atoms with Crippen LogP contribution in [0.3, 0.4) is 0 Å². The van der Waals surface area contributed by atoms with Crippen LogP contribution in [-0.2, 0) is 15.8 Å². The van der Waals surface area contributed by atoms with Gasteiger partial charge in [0.05, 0.1) is 5.75 Å². The second-order valence-corrected chi connectivity index (χ2v) is 9.59. The van der Waals surface area contributed by atoms with E-state index in [1.54, 1.807) is 12.1 Å².